The third-order valence-corrected chi connectivity index (χ3v) is 3.67. The first-order chi connectivity index (χ1) is 11.4. The van der Waals surface area contributed by atoms with Crippen LogP contribution in [0.1, 0.15) is 32.8 Å². The van der Waals surface area contributed by atoms with E-state index in [-0.39, 0.29) is 0 Å². The molecule has 0 radical (unpaired) electrons. The maximum Gasteiger partial charge on any atom is 0.413 e. The fourth-order valence-corrected chi connectivity index (χ4v) is 2.72. The average Bonchev–Trinajstić information content (AvgIpc) is 2.53. The summed E-state index contributed by atoms with van der Waals surface area (Å²) in [5.41, 5.74) is 1.95. The van der Waals surface area contributed by atoms with Crippen LogP contribution in [-0.2, 0) is 11.2 Å². The van der Waals surface area contributed by atoms with E-state index in [1.807, 2.05) is 32.9 Å². The van der Waals surface area contributed by atoms with Crippen molar-refractivity contribution >= 4 is 23.4 Å². The van der Waals surface area contributed by atoms with Crippen molar-refractivity contribution in [3.05, 3.63) is 42.0 Å². The Balaban J connectivity index is 1.73. The van der Waals surface area contributed by atoms with Gasteiger partial charge in [-0.05, 0) is 57.4 Å². The molecule has 1 aromatic carbocycles. The lowest BCUT2D eigenvalue weighted by atomic mass is 10.0. The SMILES string of the molecule is CC(C)(C)OC(=O)Nc1ccc(N2CCCc3ccccc32)nn1. The second kappa shape index (κ2) is 6.47. The molecule has 1 aliphatic rings. The van der Waals surface area contributed by atoms with Gasteiger partial charge in [-0.2, -0.15) is 0 Å². The molecule has 0 atom stereocenters. The maximum atomic E-state index is 11.8. The molecule has 0 unspecified atom stereocenters. The highest BCUT2D eigenvalue weighted by Gasteiger charge is 2.20. The topological polar surface area (TPSA) is 67.3 Å². The smallest absolute Gasteiger partial charge is 0.413 e. The Kier molecular flexibility index (Phi) is 4.38. The number of aryl methyl sites for hydroxylation is 1. The van der Waals surface area contributed by atoms with E-state index >= 15 is 0 Å². The Hall–Kier alpha value is -2.63. The first kappa shape index (κ1) is 16.2. The van der Waals surface area contributed by atoms with E-state index in [2.05, 4.69) is 38.6 Å². The average molecular weight is 326 g/mol. The summed E-state index contributed by atoms with van der Waals surface area (Å²) >= 11 is 0. The molecule has 1 aromatic heterocycles. The van der Waals surface area contributed by atoms with Gasteiger partial charge in [0.25, 0.3) is 0 Å². The molecule has 3 rings (SSSR count). The minimum atomic E-state index is -0.547. The van der Waals surface area contributed by atoms with E-state index in [0.29, 0.717) is 5.82 Å². The van der Waals surface area contributed by atoms with Crippen LogP contribution >= 0.6 is 0 Å². The van der Waals surface area contributed by atoms with Crippen molar-refractivity contribution in [2.75, 3.05) is 16.8 Å². The van der Waals surface area contributed by atoms with Crippen LogP contribution < -0.4 is 10.2 Å². The van der Waals surface area contributed by atoms with E-state index in [9.17, 15) is 4.79 Å². The largest absolute Gasteiger partial charge is 0.444 e. The zero-order valence-corrected chi connectivity index (χ0v) is 14.2. The number of carbonyl (C=O) groups excluding carboxylic acids is 1. The fraction of sp³-hybridized carbons (Fsp3) is 0.389. The number of benzene rings is 1. The number of nitrogens with one attached hydrogen (secondary N) is 1. The summed E-state index contributed by atoms with van der Waals surface area (Å²) in [5, 5.41) is 10.9. The van der Waals surface area contributed by atoms with Crippen molar-refractivity contribution in [2.45, 2.75) is 39.2 Å². The van der Waals surface area contributed by atoms with Gasteiger partial charge in [-0.1, -0.05) is 18.2 Å². The summed E-state index contributed by atoms with van der Waals surface area (Å²) < 4.78 is 5.21. The summed E-state index contributed by atoms with van der Waals surface area (Å²) in [6.45, 7) is 6.35. The molecule has 0 aliphatic carbocycles. The van der Waals surface area contributed by atoms with Crippen molar-refractivity contribution in [3.8, 4) is 0 Å². The predicted octanol–water partition coefficient (Wildman–Crippen LogP) is 3.91. The van der Waals surface area contributed by atoms with Crippen molar-refractivity contribution in [1.29, 1.82) is 0 Å². The normalized spacial score (nSPS) is 14.0. The minimum absolute atomic E-state index is 0.373. The van der Waals surface area contributed by atoms with Gasteiger partial charge >= 0.3 is 6.09 Å². The van der Waals surface area contributed by atoms with Crippen LogP contribution in [0.4, 0.5) is 22.1 Å². The molecule has 6 heteroatoms. The Morgan fingerprint density at radius 1 is 1.17 bits per heavy atom. The highest BCUT2D eigenvalue weighted by Crippen LogP contribution is 2.31. The van der Waals surface area contributed by atoms with E-state index in [1.165, 1.54) is 11.3 Å². The zero-order chi connectivity index (χ0) is 17.2. The second-order valence-electron chi connectivity index (χ2n) is 6.79. The number of fused-ring (bicyclic) bond motifs is 1. The molecule has 1 amide bonds. The summed E-state index contributed by atoms with van der Waals surface area (Å²) in [4.78, 5) is 13.9. The Bertz CT molecular complexity index is 723. The van der Waals surface area contributed by atoms with Crippen LogP contribution in [0.15, 0.2) is 36.4 Å². The van der Waals surface area contributed by atoms with Crippen LogP contribution in [0.25, 0.3) is 0 Å². The van der Waals surface area contributed by atoms with Gasteiger partial charge in [-0.3, -0.25) is 5.32 Å². The van der Waals surface area contributed by atoms with Crippen LogP contribution in [0, 0.1) is 0 Å². The second-order valence-corrected chi connectivity index (χ2v) is 6.79. The molecule has 6 nitrogen and oxygen atoms in total. The van der Waals surface area contributed by atoms with E-state index < -0.39 is 11.7 Å². The minimum Gasteiger partial charge on any atom is -0.444 e. The molecular formula is C18H22N4O2. The monoisotopic (exact) mass is 326 g/mol. The number of para-hydroxylation sites is 1. The quantitative estimate of drug-likeness (QED) is 0.906. The van der Waals surface area contributed by atoms with Gasteiger partial charge in [0, 0.05) is 12.2 Å². The third-order valence-electron chi connectivity index (χ3n) is 3.67. The van der Waals surface area contributed by atoms with Crippen molar-refractivity contribution in [3.63, 3.8) is 0 Å². The lowest BCUT2D eigenvalue weighted by molar-refractivity contribution is 0.0635. The molecule has 0 saturated carbocycles. The van der Waals surface area contributed by atoms with E-state index in [1.54, 1.807) is 6.07 Å². The molecule has 0 bridgehead atoms. The maximum absolute atomic E-state index is 11.8. The number of nitrogens with zero attached hydrogens (tertiary/aromatic N) is 3. The van der Waals surface area contributed by atoms with Crippen LogP contribution in [-0.4, -0.2) is 28.4 Å². The highest BCUT2D eigenvalue weighted by atomic mass is 16.6. The molecule has 0 spiro atoms. The number of aromatic nitrogens is 2. The Morgan fingerprint density at radius 2 is 1.96 bits per heavy atom. The highest BCUT2D eigenvalue weighted by molar-refractivity contribution is 5.83. The third kappa shape index (κ3) is 3.82. The van der Waals surface area contributed by atoms with E-state index in [4.69, 9.17) is 4.74 Å². The molecule has 1 aliphatic heterocycles. The number of rotatable bonds is 2. The zero-order valence-electron chi connectivity index (χ0n) is 14.2. The fourth-order valence-electron chi connectivity index (χ4n) is 2.72. The summed E-state index contributed by atoms with van der Waals surface area (Å²) in [7, 11) is 0. The Morgan fingerprint density at radius 3 is 2.67 bits per heavy atom. The lowest BCUT2D eigenvalue weighted by Gasteiger charge is -2.30. The van der Waals surface area contributed by atoms with Crippen molar-refractivity contribution in [2.24, 2.45) is 0 Å². The summed E-state index contributed by atoms with van der Waals surface area (Å²) in [5.74, 6) is 1.15. The van der Waals surface area contributed by atoms with Gasteiger partial charge in [0.05, 0.1) is 0 Å². The number of amides is 1. The predicted molar refractivity (Wildman–Crippen MR) is 93.7 cm³/mol. The first-order valence-corrected chi connectivity index (χ1v) is 8.11. The van der Waals surface area contributed by atoms with Crippen LogP contribution in [0.3, 0.4) is 0 Å². The molecule has 24 heavy (non-hydrogen) atoms. The molecule has 1 N–H and O–H groups in total. The van der Waals surface area contributed by atoms with Gasteiger partial charge in [0.2, 0.25) is 0 Å². The summed E-state index contributed by atoms with van der Waals surface area (Å²) in [6, 6.07) is 11.9. The Labute approximate surface area is 141 Å². The number of anilines is 3. The molecular weight excluding hydrogens is 304 g/mol. The number of hydrogen-bond acceptors (Lipinski definition) is 5. The summed E-state index contributed by atoms with van der Waals surface area (Å²) in [6.07, 6.45) is 1.63. The van der Waals surface area contributed by atoms with Crippen molar-refractivity contribution < 1.29 is 9.53 Å². The molecule has 0 fully saturated rings. The molecule has 2 aromatic rings. The van der Waals surface area contributed by atoms with Crippen LogP contribution in [0.5, 0.6) is 0 Å². The molecule has 0 saturated heterocycles. The van der Waals surface area contributed by atoms with Gasteiger partial charge in [0.15, 0.2) is 11.6 Å². The van der Waals surface area contributed by atoms with Gasteiger partial charge in [-0.15, -0.1) is 10.2 Å². The van der Waals surface area contributed by atoms with Gasteiger partial charge < -0.3 is 9.64 Å². The van der Waals surface area contributed by atoms with Gasteiger partial charge in [-0.25, -0.2) is 4.79 Å². The van der Waals surface area contributed by atoms with Crippen molar-refractivity contribution in [1.82, 2.24) is 10.2 Å². The number of carbonyl (C=O) groups is 1. The van der Waals surface area contributed by atoms with E-state index in [0.717, 1.165) is 25.2 Å². The first-order valence-electron chi connectivity index (χ1n) is 8.11. The molecule has 126 valence electrons. The number of ether oxygens (including phenoxy) is 1. The lowest BCUT2D eigenvalue weighted by Crippen LogP contribution is -2.28. The van der Waals surface area contributed by atoms with Crippen LogP contribution in [0.2, 0.25) is 0 Å². The number of hydrogen-bond donors (Lipinski definition) is 1. The van der Waals surface area contributed by atoms with Gasteiger partial charge in [0.1, 0.15) is 5.60 Å². The molecule has 2 heterocycles. The standard InChI is InChI=1S/C18H22N4O2/c1-18(2,3)24-17(23)19-15-10-11-16(21-20-15)22-12-6-8-13-7-4-5-9-14(13)22/h4-5,7,9-11H,6,8,12H2,1-3H3,(H,19,20,23).